The Labute approximate surface area is 159 Å². The maximum Gasteiger partial charge on any atom is 0.359 e. The van der Waals surface area contributed by atoms with Gasteiger partial charge in [0.25, 0.3) is 5.91 Å². The van der Waals surface area contributed by atoms with Gasteiger partial charge in [-0.1, -0.05) is 29.3 Å². The Balaban J connectivity index is 1.70. The minimum Gasteiger partial charge on any atom is -0.448 e. The maximum absolute atomic E-state index is 12.3. The summed E-state index contributed by atoms with van der Waals surface area (Å²) in [5.74, 6) is -1.21. The number of carbonyl (C=O) groups excluding carboxylic acids is 2. The van der Waals surface area contributed by atoms with E-state index in [0.717, 1.165) is 5.69 Å². The van der Waals surface area contributed by atoms with Crippen LogP contribution in [0, 0.1) is 6.92 Å². The molecule has 2 heterocycles. The lowest BCUT2D eigenvalue weighted by Gasteiger charge is -2.13. The van der Waals surface area contributed by atoms with Crippen molar-refractivity contribution in [1.29, 1.82) is 0 Å². The molecule has 0 radical (unpaired) electrons. The molecule has 0 spiro atoms. The topological polar surface area (TPSA) is 72.7 Å². The van der Waals surface area contributed by atoms with Crippen molar-refractivity contribution >= 4 is 46.4 Å². The summed E-state index contributed by atoms with van der Waals surface area (Å²) >= 11 is 11.9. The fourth-order valence-electron chi connectivity index (χ4n) is 2.35. The van der Waals surface area contributed by atoms with Crippen molar-refractivity contribution in [3.05, 3.63) is 64.0 Å². The number of ether oxygens (including phenoxy) is 1. The van der Waals surface area contributed by atoms with Gasteiger partial charge >= 0.3 is 5.97 Å². The number of carbonyl (C=O) groups is 2. The lowest BCUT2D eigenvalue weighted by molar-refractivity contribution is -0.123. The Morgan fingerprint density at radius 3 is 2.73 bits per heavy atom. The van der Waals surface area contributed by atoms with Crippen molar-refractivity contribution in [2.24, 2.45) is 0 Å². The second-order valence-corrected chi connectivity index (χ2v) is 6.53. The van der Waals surface area contributed by atoms with Gasteiger partial charge < -0.3 is 14.5 Å². The number of anilines is 1. The molecule has 0 aliphatic carbocycles. The monoisotopic (exact) mass is 391 g/mol. The van der Waals surface area contributed by atoms with Gasteiger partial charge in [0, 0.05) is 16.9 Å². The molecule has 6 nitrogen and oxygen atoms in total. The summed E-state index contributed by atoms with van der Waals surface area (Å²) in [7, 11) is 0. The van der Waals surface area contributed by atoms with Crippen molar-refractivity contribution < 1.29 is 14.3 Å². The molecule has 2 aromatic heterocycles. The number of pyridine rings is 1. The van der Waals surface area contributed by atoms with E-state index in [2.05, 4.69) is 10.3 Å². The zero-order chi connectivity index (χ0) is 18.8. The minimum atomic E-state index is -1.04. The van der Waals surface area contributed by atoms with E-state index in [1.54, 1.807) is 28.8 Å². The molecule has 1 amide bonds. The van der Waals surface area contributed by atoms with Crippen LogP contribution in [0.3, 0.4) is 0 Å². The van der Waals surface area contributed by atoms with Crippen molar-refractivity contribution in [3.8, 4) is 0 Å². The van der Waals surface area contributed by atoms with Gasteiger partial charge in [0.15, 0.2) is 11.8 Å². The molecule has 1 aromatic carbocycles. The zero-order valence-electron chi connectivity index (χ0n) is 14.0. The molecule has 0 fully saturated rings. The van der Waals surface area contributed by atoms with Crippen LogP contribution < -0.4 is 5.32 Å². The number of aryl methyl sites for hydroxylation is 1. The number of rotatable bonds is 4. The summed E-state index contributed by atoms with van der Waals surface area (Å²) in [6, 6.07) is 10.2. The van der Waals surface area contributed by atoms with Crippen LogP contribution in [0.1, 0.15) is 23.1 Å². The van der Waals surface area contributed by atoms with E-state index in [-0.39, 0.29) is 5.69 Å². The van der Waals surface area contributed by atoms with Crippen LogP contribution in [0.4, 0.5) is 5.69 Å². The van der Waals surface area contributed by atoms with Crippen LogP contribution in [0.5, 0.6) is 0 Å². The molecule has 0 aliphatic heterocycles. The molecule has 26 heavy (non-hydrogen) atoms. The Hall–Kier alpha value is -2.57. The predicted octanol–water partition coefficient (Wildman–Crippen LogP) is 4.13. The highest BCUT2D eigenvalue weighted by molar-refractivity contribution is 6.35. The van der Waals surface area contributed by atoms with E-state index in [1.165, 1.54) is 13.0 Å². The molecule has 0 bridgehead atoms. The van der Waals surface area contributed by atoms with Crippen LogP contribution in [0.25, 0.3) is 5.65 Å². The summed E-state index contributed by atoms with van der Waals surface area (Å²) in [5.41, 5.74) is 2.02. The van der Waals surface area contributed by atoms with Gasteiger partial charge in [-0.25, -0.2) is 9.78 Å². The number of esters is 1. The first-order valence-corrected chi connectivity index (χ1v) is 8.52. The standard InChI is InChI=1S/C18H15Cl2N3O3/c1-10-4-3-5-16-21-15(9-23(10)16)18(25)26-11(2)17(24)22-14-8-12(19)6-7-13(14)20/h3-9,11H,1-2H3,(H,22,24). The molecule has 1 unspecified atom stereocenters. The van der Waals surface area contributed by atoms with Crippen LogP contribution in [0.2, 0.25) is 10.0 Å². The van der Waals surface area contributed by atoms with Gasteiger partial charge in [0.2, 0.25) is 0 Å². The summed E-state index contributed by atoms with van der Waals surface area (Å²) in [5, 5.41) is 3.34. The lowest BCUT2D eigenvalue weighted by Crippen LogP contribution is -2.30. The number of halogens is 2. The maximum atomic E-state index is 12.3. The highest BCUT2D eigenvalue weighted by atomic mass is 35.5. The molecule has 134 valence electrons. The first kappa shape index (κ1) is 18.2. The summed E-state index contributed by atoms with van der Waals surface area (Å²) in [6.45, 7) is 3.36. The van der Waals surface area contributed by atoms with E-state index in [1.807, 2.05) is 19.1 Å². The zero-order valence-corrected chi connectivity index (χ0v) is 15.5. The first-order valence-electron chi connectivity index (χ1n) is 7.77. The third-order valence-electron chi connectivity index (χ3n) is 3.74. The number of benzene rings is 1. The van der Waals surface area contributed by atoms with Crippen molar-refractivity contribution in [3.63, 3.8) is 0 Å². The van der Waals surface area contributed by atoms with Gasteiger partial charge in [0.1, 0.15) is 5.65 Å². The summed E-state index contributed by atoms with van der Waals surface area (Å²) in [6.07, 6.45) is 0.536. The number of imidazole rings is 1. The summed E-state index contributed by atoms with van der Waals surface area (Å²) in [4.78, 5) is 28.8. The third-order valence-corrected chi connectivity index (χ3v) is 4.31. The molecule has 0 saturated heterocycles. The van der Waals surface area contributed by atoms with Gasteiger partial charge in [0.05, 0.1) is 10.7 Å². The number of hydrogen-bond donors (Lipinski definition) is 1. The number of nitrogens with one attached hydrogen (secondary N) is 1. The second-order valence-electron chi connectivity index (χ2n) is 5.68. The highest BCUT2D eigenvalue weighted by Crippen LogP contribution is 2.25. The van der Waals surface area contributed by atoms with E-state index < -0.39 is 18.0 Å². The van der Waals surface area contributed by atoms with E-state index in [0.29, 0.717) is 21.4 Å². The Morgan fingerprint density at radius 1 is 1.23 bits per heavy atom. The van der Waals surface area contributed by atoms with Crippen LogP contribution >= 0.6 is 23.2 Å². The third kappa shape index (κ3) is 3.81. The Morgan fingerprint density at radius 2 is 2.00 bits per heavy atom. The van der Waals surface area contributed by atoms with Gasteiger partial charge in [-0.15, -0.1) is 0 Å². The second kappa shape index (κ2) is 7.35. The number of fused-ring (bicyclic) bond motifs is 1. The average molecular weight is 392 g/mol. The van der Waals surface area contributed by atoms with Gasteiger partial charge in [-0.05, 0) is 44.2 Å². The normalized spacial score (nSPS) is 12.0. The molecular weight excluding hydrogens is 377 g/mol. The van der Waals surface area contributed by atoms with E-state index >= 15 is 0 Å². The van der Waals surface area contributed by atoms with E-state index in [9.17, 15) is 9.59 Å². The fourth-order valence-corrected chi connectivity index (χ4v) is 2.69. The van der Waals surface area contributed by atoms with Crippen LogP contribution in [0.15, 0.2) is 42.6 Å². The molecule has 1 N–H and O–H groups in total. The van der Waals surface area contributed by atoms with Crippen molar-refractivity contribution in [1.82, 2.24) is 9.38 Å². The molecular formula is C18H15Cl2N3O3. The van der Waals surface area contributed by atoms with Crippen molar-refractivity contribution in [2.75, 3.05) is 5.32 Å². The minimum absolute atomic E-state index is 0.125. The Kier molecular flexibility index (Phi) is 5.15. The predicted molar refractivity (Wildman–Crippen MR) is 99.9 cm³/mol. The van der Waals surface area contributed by atoms with Crippen LogP contribution in [-0.2, 0) is 9.53 Å². The number of hydrogen-bond acceptors (Lipinski definition) is 4. The fraction of sp³-hybridized carbons (Fsp3) is 0.167. The van der Waals surface area contributed by atoms with Gasteiger partial charge in [-0.3, -0.25) is 4.79 Å². The quantitative estimate of drug-likeness (QED) is 0.678. The lowest BCUT2D eigenvalue weighted by atomic mass is 10.3. The number of aromatic nitrogens is 2. The average Bonchev–Trinajstić information content (AvgIpc) is 3.04. The molecule has 1 atom stereocenters. The first-order chi connectivity index (χ1) is 12.3. The largest absolute Gasteiger partial charge is 0.448 e. The van der Waals surface area contributed by atoms with Crippen molar-refractivity contribution in [2.45, 2.75) is 20.0 Å². The molecule has 0 aliphatic rings. The number of nitrogens with zero attached hydrogens (tertiary/aromatic N) is 2. The van der Waals surface area contributed by atoms with Gasteiger partial charge in [-0.2, -0.15) is 0 Å². The van der Waals surface area contributed by atoms with Crippen LogP contribution in [-0.4, -0.2) is 27.4 Å². The molecule has 8 heteroatoms. The van der Waals surface area contributed by atoms with E-state index in [4.69, 9.17) is 27.9 Å². The summed E-state index contributed by atoms with van der Waals surface area (Å²) < 4.78 is 6.98. The SMILES string of the molecule is Cc1cccc2nc(C(=O)OC(C)C(=O)Nc3cc(Cl)ccc3Cl)cn12. The highest BCUT2D eigenvalue weighted by Gasteiger charge is 2.22. The molecule has 0 saturated carbocycles. The number of amides is 1. The molecule has 3 rings (SSSR count). The molecule has 3 aromatic rings. The smallest absolute Gasteiger partial charge is 0.359 e. The Bertz CT molecular complexity index is 1000.